The van der Waals surface area contributed by atoms with E-state index >= 15 is 0 Å². The molecule has 4 heteroatoms. The molecule has 0 aliphatic heterocycles. The fourth-order valence-electron chi connectivity index (χ4n) is 0.0577. The average molecular weight is 124 g/mol. The van der Waals surface area contributed by atoms with Crippen molar-refractivity contribution >= 4 is 11.0 Å². The summed E-state index contributed by atoms with van der Waals surface area (Å²) in [5, 5.41) is 24.0. The molecule has 7 heavy (non-hydrogen) atoms. The van der Waals surface area contributed by atoms with Gasteiger partial charge in [-0.15, -0.1) is 0 Å². The van der Waals surface area contributed by atoms with Crippen molar-refractivity contribution in [1.29, 1.82) is 0 Å². The van der Waals surface area contributed by atoms with Crippen LogP contribution in [0.15, 0.2) is 0 Å². The first-order valence-electron chi connectivity index (χ1n) is 1.71. The molecule has 0 heterocycles. The molecule has 0 aromatic carbocycles. The monoisotopic (exact) mass is 124 g/mol. The van der Waals surface area contributed by atoms with Crippen LogP contribution in [0.1, 0.15) is 0 Å². The minimum Gasteiger partial charge on any atom is -0.394 e. The quantitative estimate of drug-likeness (QED) is 0.341. The molecule has 0 saturated carbocycles. The van der Waals surface area contributed by atoms with E-state index in [2.05, 4.69) is 0 Å². The number of aliphatic hydroxyl groups is 3. The lowest BCUT2D eigenvalue weighted by Gasteiger charge is -1.96. The largest absolute Gasteiger partial charge is 0.394 e. The van der Waals surface area contributed by atoms with E-state index in [0.29, 0.717) is 0 Å². The lowest BCUT2D eigenvalue weighted by atomic mass is 10.4. The van der Waals surface area contributed by atoms with E-state index in [1.165, 1.54) is 0 Å². The lowest BCUT2D eigenvalue weighted by molar-refractivity contribution is 0.0450. The molecule has 3 N–H and O–H groups in total. The van der Waals surface area contributed by atoms with Crippen LogP contribution < -0.4 is 0 Å². The number of aliphatic hydroxyl groups excluding tert-OH is 3. The number of rotatable bonds is 2. The van der Waals surface area contributed by atoms with Gasteiger partial charge in [0.1, 0.15) is 6.10 Å². The average Bonchev–Trinajstić information content (AvgIpc) is 1.65. The van der Waals surface area contributed by atoms with Crippen LogP contribution in [0.4, 0.5) is 0 Å². The van der Waals surface area contributed by atoms with Crippen molar-refractivity contribution in [3.8, 4) is 0 Å². The molecule has 46 valence electrons. The summed E-state index contributed by atoms with van der Waals surface area (Å²) in [6, 6.07) is 0. The van der Waals surface area contributed by atoms with Crippen LogP contribution in [-0.2, 0) is 0 Å². The molecule has 0 fully saturated rings. The molecular weight excluding hydrogens is 112 g/mol. The van der Waals surface area contributed by atoms with E-state index in [1.807, 2.05) is 0 Å². The van der Waals surface area contributed by atoms with Crippen molar-refractivity contribution in [2.45, 2.75) is 6.10 Å². The fourth-order valence-corrected chi connectivity index (χ4v) is 0.0577. The molecule has 0 unspecified atom stereocenters. The summed E-state index contributed by atoms with van der Waals surface area (Å²) in [4.78, 5) is 0. The van der Waals surface area contributed by atoms with Gasteiger partial charge in [0.2, 0.25) is 0 Å². The first kappa shape index (κ1) is 10.2. The van der Waals surface area contributed by atoms with E-state index in [0.717, 1.165) is 0 Å². The van der Waals surface area contributed by atoms with Crippen LogP contribution in [0, 0.1) is 0 Å². The van der Waals surface area contributed by atoms with Crippen LogP contribution in [0.2, 0.25) is 0 Å². The molecule has 3 nitrogen and oxygen atoms in total. The van der Waals surface area contributed by atoms with Crippen molar-refractivity contribution < 1.29 is 15.3 Å². The molecule has 0 rings (SSSR count). The van der Waals surface area contributed by atoms with Gasteiger partial charge in [-0.25, -0.2) is 0 Å². The van der Waals surface area contributed by atoms with Gasteiger partial charge in [-0.3, -0.25) is 0 Å². The summed E-state index contributed by atoms with van der Waals surface area (Å²) in [6.07, 6.45) is -0.954. The molecule has 0 spiro atoms. The van der Waals surface area contributed by atoms with Gasteiger partial charge in [-0.05, 0) is 11.0 Å². The molecular formula is C3H12O3Si. The highest BCUT2D eigenvalue weighted by Crippen LogP contribution is 1.71. The highest BCUT2D eigenvalue weighted by molar-refractivity contribution is 5.75. The van der Waals surface area contributed by atoms with E-state index in [1.54, 1.807) is 0 Å². The predicted molar refractivity (Wildman–Crippen MR) is 31.5 cm³/mol. The van der Waals surface area contributed by atoms with E-state index < -0.39 is 6.10 Å². The van der Waals surface area contributed by atoms with Crippen molar-refractivity contribution in [1.82, 2.24) is 0 Å². The Bertz CT molecular complexity index is 29.4. The first-order valence-corrected chi connectivity index (χ1v) is 1.71. The van der Waals surface area contributed by atoms with Gasteiger partial charge in [0.15, 0.2) is 0 Å². The topological polar surface area (TPSA) is 60.7 Å². The predicted octanol–water partition coefficient (Wildman–Crippen LogP) is -3.12. The van der Waals surface area contributed by atoms with Gasteiger partial charge in [0, 0.05) is 0 Å². The third-order valence-corrected chi connectivity index (χ3v) is 0.421. The van der Waals surface area contributed by atoms with Crippen molar-refractivity contribution in [2.75, 3.05) is 13.2 Å². The molecule has 0 aliphatic carbocycles. The van der Waals surface area contributed by atoms with Crippen LogP contribution in [0.5, 0.6) is 0 Å². The highest BCUT2D eigenvalue weighted by atomic mass is 28.1. The standard InChI is InChI=1S/C3H8O3.H4Si/c4-1-3(6)2-5;/h3-6H,1-2H2;1H4. The number of hydrogen-bond donors (Lipinski definition) is 3. The molecule has 0 saturated heterocycles. The Morgan fingerprint density at radius 3 is 1.43 bits per heavy atom. The number of hydrogen-bond acceptors (Lipinski definition) is 3. The van der Waals surface area contributed by atoms with Crippen molar-refractivity contribution in [2.24, 2.45) is 0 Å². The second kappa shape index (κ2) is 6.10. The molecule has 0 aromatic heterocycles. The van der Waals surface area contributed by atoms with E-state index in [4.69, 9.17) is 15.3 Å². The Balaban J connectivity index is 0. The lowest BCUT2D eigenvalue weighted by Crippen LogP contribution is -2.15. The maximum absolute atomic E-state index is 8.17. The van der Waals surface area contributed by atoms with Crippen molar-refractivity contribution in [3.63, 3.8) is 0 Å². The van der Waals surface area contributed by atoms with Crippen LogP contribution in [0.3, 0.4) is 0 Å². The van der Waals surface area contributed by atoms with E-state index in [-0.39, 0.29) is 24.2 Å². The Morgan fingerprint density at radius 2 is 1.43 bits per heavy atom. The second-order valence-electron chi connectivity index (χ2n) is 1.02. The summed E-state index contributed by atoms with van der Waals surface area (Å²) in [6.45, 7) is -0.729. The normalized spacial score (nSPS) is 8.57. The third kappa shape index (κ3) is 6.10. The molecule has 0 amide bonds. The van der Waals surface area contributed by atoms with Crippen molar-refractivity contribution in [3.05, 3.63) is 0 Å². The zero-order valence-corrected chi connectivity index (χ0v) is 3.33. The molecule has 0 aliphatic rings. The fraction of sp³-hybridized carbons (Fsp3) is 1.00. The summed E-state index contributed by atoms with van der Waals surface area (Å²) in [7, 11) is 0. The smallest absolute Gasteiger partial charge is 0.100 e. The summed E-state index contributed by atoms with van der Waals surface area (Å²) in [5.74, 6) is 0. The summed E-state index contributed by atoms with van der Waals surface area (Å²) in [5.41, 5.74) is 0. The zero-order chi connectivity index (χ0) is 4.99. The zero-order valence-electron chi connectivity index (χ0n) is 3.33. The Kier molecular flexibility index (Phi) is 8.84. The first-order chi connectivity index (χ1) is 2.81. The van der Waals surface area contributed by atoms with Gasteiger partial charge in [0.25, 0.3) is 0 Å². The third-order valence-electron chi connectivity index (χ3n) is 0.421. The van der Waals surface area contributed by atoms with Crippen LogP contribution in [-0.4, -0.2) is 45.6 Å². The second-order valence-corrected chi connectivity index (χ2v) is 1.02. The minimum absolute atomic E-state index is 0. The summed E-state index contributed by atoms with van der Waals surface area (Å²) >= 11 is 0. The van der Waals surface area contributed by atoms with Gasteiger partial charge >= 0.3 is 0 Å². The maximum atomic E-state index is 8.17. The van der Waals surface area contributed by atoms with Gasteiger partial charge in [0.05, 0.1) is 13.2 Å². The Hall–Kier alpha value is 0.0969. The Labute approximate surface area is 46.6 Å². The van der Waals surface area contributed by atoms with Crippen LogP contribution >= 0.6 is 0 Å². The molecule has 0 bridgehead atoms. The Morgan fingerprint density at radius 1 is 1.14 bits per heavy atom. The van der Waals surface area contributed by atoms with E-state index in [9.17, 15) is 0 Å². The van der Waals surface area contributed by atoms with Crippen LogP contribution in [0.25, 0.3) is 0 Å². The molecule has 0 radical (unpaired) electrons. The van der Waals surface area contributed by atoms with Gasteiger partial charge in [-0.1, -0.05) is 0 Å². The summed E-state index contributed by atoms with van der Waals surface area (Å²) < 4.78 is 0. The van der Waals surface area contributed by atoms with Gasteiger partial charge in [-0.2, -0.15) is 0 Å². The highest BCUT2D eigenvalue weighted by Gasteiger charge is 1.93. The SMILES string of the molecule is OCC(O)CO.[SiH4]. The maximum Gasteiger partial charge on any atom is 0.100 e. The molecule has 0 atom stereocenters. The minimum atomic E-state index is -0.954. The molecule has 0 aromatic rings. The van der Waals surface area contributed by atoms with Gasteiger partial charge < -0.3 is 15.3 Å².